The molecule has 0 amide bonds. The Hall–Kier alpha value is -3.95. The molecular formula is C29H32N6O3. The molecule has 3 aromatic heterocycles. The fourth-order valence-electron chi connectivity index (χ4n) is 5.31. The Kier molecular flexibility index (Phi) is 6.94. The summed E-state index contributed by atoms with van der Waals surface area (Å²) in [6.07, 6.45) is 5.71. The standard InChI is InChI=1S/C29H32N6O3/c1-37-15-13-35-11-7-20(8-12-35)19-2-4-23(5-3-19)33-27-26-21(6-9-31-28(26)36)16-24(34-27)22-17-25-29(32-18-22)38-14-10-30-25/h2-6,9,16-18,20,30H,7-8,10-15H2,1H3,(H,31,36)(H,33,34). The predicted octanol–water partition coefficient (Wildman–Crippen LogP) is 4.36. The van der Waals surface area contributed by atoms with Gasteiger partial charge in [0.25, 0.3) is 5.56 Å². The summed E-state index contributed by atoms with van der Waals surface area (Å²) < 4.78 is 10.8. The molecule has 4 aromatic rings. The molecule has 0 spiro atoms. The molecule has 6 rings (SSSR count). The molecule has 9 heteroatoms. The quantitative estimate of drug-likeness (QED) is 0.336. The van der Waals surface area contributed by atoms with E-state index in [0.717, 1.165) is 73.6 Å². The molecule has 0 radical (unpaired) electrons. The molecule has 0 bridgehead atoms. The number of likely N-dealkylation sites (tertiary alicyclic amines) is 1. The van der Waals surface area contributed by atoms with Gasteiger partial charge in [-0.25, -0.2) is 9.97 Å². The molecule has 0 saturated carbocycles. The Balaban J connectivity index is 1.26. The van der Waals surface area contributed by atoms with Gasteiger partial charge in [-0.15, -0.1) is 0 Å². The van der Waals surface area contributed by atoms with Gasteiger partial charge in [0.15, 0.2) is 0 Å². The highest BCUT2D eigenvalue weighted by atomic mass is 16.5. The summed E-state index contributed by atoms with van der Waals surface area (Å²) in [5, 5.41) is 8.06. The van der Waals surface area contributed by atoms with E-state index in [0.29, 0.717) is 29.6 Å². The zero-order chi connectivity index (χ0) is 25.9. The Morgan fingerprint density at radius 2 is 2.00 bits per heavy atom. The van der Waals surface area contributed by atoms with Crippen LogP contribution in [0.2, 0.25) is 0 Å². The maximum Gasteiger partial charge on any atom is 0.259 e. The summed E-state index contributed by atoms with van der Waals surface area (Å²) >= 11 is 0. The molecule has 0 unspecified atom stereocenters. The van der Waals surface area contributed by atoms with Crippen LogP contribution in [0, 0.1) is 0 Å². The van der Waals surface area contributed by atoms with Gasteiger partial charge in [0.1, 0.15) is 12.4 Å². The maximum absolute atomic E-state index is 12.8. The fourth-order valence-corrected chi connectivity index (χ4v) is 5.31. The summed E-state index contributed by atoms with van der Waals surface area (Å²) in [6, 6.07) is 14.3. The second-order valence-corrected chi connectivity index (χ2v) is 9.83. The average Bonchev–Trinajstić information content (AvgIpc) is 2.96. The number of fused-ring (bicyclic) bond motifs is 2. The number of aromatic nitrogens is 3. The van der Waals surface area contributed by atoms with Crippen LogP contribution in [-0.2, 0) is 4.74 Å². The van der Waals surface area contributed by atoms with Crippen LogP contribution >= 0.6 is 0 Å². The normalized spacial score (nSPS) is 16.0. The van der Waals surface area contributed by atoms with Crippen molar-refractivity contribution < 1.29 is 9.47 Å². The van der Waals surface area contributed by atoms with E-state index in [1.54, 1.807) is 19.5 Å². The first-order valence-electron chi connectivity index (χ1n) is 13.2. The molecule has 1 aromatic carbocycles. The van der Waals surface area contributed by atoms with Gasteiger partial charge in [0.2, 0.25) is 5.88 Å². The summed E-state index contributed by atoms with van der Waals surface area (Å²) in [5.41, 5.74) is 4.47. The van der Waals surface area contributed by atoms with Gasteiger partial charge in [-0.1, -0.05) is 12.1 Å². The number of aromatic amines is 1. The number of methoxy groups -OCH3 is 1. The van der Waals surface area contributed by atoms with Crippen LogP contribution in [0.3, 0.4) is 0 Å². The van der Waals surface area contributed by atoms with Gasteiger partial charge in [-0.2, -0.15) is 0 Å². The van der Waals surface area contributed by atoms with E-state index >= 15 is 0 Å². The smallest absolute Gasteiger partial charge is 0.259 e. The number of ether oxygens (including phenoxy) is 2. The second kappa shape index (κ2) is 10.8. The Morgan fingerprint density at radius 1 is 1.16 bits per heavy atom. The highest BCUT2D eigenvalue weighted by Crippen LogP contribution is 2.33. The molecule has 5 heterocycles. The van der Waals surface area contributed by atoms with Crippen molar-refractivity contribution in [3.8, 4) is 17.1 Å². The van der Waals surface area contributed by atoms with E-state index in [1.807, 2.05) is 18.2 Å². The lowest BCUT2D eigenvalue weighted by atomic mass is 9.89. The number of benzene rings is 1. The first-order valence-corrected chi connectivity index (χ1v) is 13.2. The molecule has 9 nitrogen and oxygen atoms in total. The lowest BCUT2D eigenvalue weighted by molar-refractivity contribution is 0.130. The zero-order valence-electron chi connectivity index (χ0n) is 21.5. The van der Waals surface area contributed by atoms with E-state index in [9.17, 15) is 4.79 Å². The first-order chi connectivity index (χ1) is 18.7. The van der Waals surface area contributed by atoms with Crippen molar-refractivity contribution in [3.05, 3.63) is 70.8 Å². The van der Waals surface area contributed by atoms with Gasteiger partial charge in [-0.05, 0) is 73.1 Å². The summed E-state index contributed by atoms with van der Waals surface area (Å²) in [6.45, 7) is 5.30. The average molecular weight is 513 g/mol. The Labute approximate surface area is 221 Å². The highest BCUT2D eigenvalue weighted by molar-refractivity contribution is 5.95. The van der Waals surface area contributed by atoms with Crippen LogP contribution in [0.5, 0.6) is 5.88 Å². The van der Waals surface area contributed by atoms with Crippen molar-refractivity contribution in [1.29, 1.82) is 0 Å². The second-order valence-electron chi connectivity index (χ2n) is 9.83. The lowest BCUT2D eigenvalue weighted by Gasteiger charge is -2.32. The van der Waals surface area contributed by atoms with Crippen molar-refractivity contribution in [3.63, 3.8) is 0 Å². The molecule has 1 saturated heterocycles. The summed E-state index contributed by atoms with van der Waals surface area (Å²) in [5.74, 6) is 1.67. The number of nitrogens with one attached hydrogen (secondary N) is 3. The Bertz CT molecular complexity index is 1480. The first kappa shape index (κ1) is 24.4. The van der Waals surface area contributed by atoms with Gasteiger partial charge >= 0.3 is 0 Å². The molecule has 1 fully saturated rings. The van der Waals surface area contributed by atoms with E-state index in [1.165, 1.54) is 5.56 Å². The number of hydrogen-bond acceptors (Lipinski definition) is 8. The number of pyridine rings is 3. The molecule has 2 aliphatic rings. The molecule has 0 aliphatic carbocycles. The molecule has 2 aliphatic heterocycles. The van der Waals surface area contributed by atoms with Gasteiger partial charge in [-0.3, -0.25) is 4.79 Å². The van der Waals surface area contributed by atoms with Crippen LogP contribution in [0.25, 0.3) is 22.0 Å². The largest absolute Gasteiger partial charge is 0.474 e. The third kappa shape index (κ3) is 5.07. The van der Waals surface area contributed by atoms with Crippen LogP contribution < -0.4 is 20.9 Å². The van der Waals surface area contributed by atoms with E-state index in [4.69, 9.17) is 14.5 Å². The minimum Gasteiger partial charge on any atom is -0.474 e. The van der Waals surface area contributed by atoms with Crippen molar-refractivity contribution in [2.24, 2.45) is 0 Å². The van der Waals surface area contributed by atoms with Gasteiger partial charge in [0.05, 0.1) is 23.4 Å². The monoisotopic (exact) mass is 512 g/mol. The molecule has 3 N–H and O–H groups in total. The van der Waals surface area contributed by atoms with Gasteiger partial charge in [0, 0.05) is 43.8 Å². The maximum atomic E-state index is 12.8. The molecular weight excluding hydrogens is 480 g/mol. The van der Waals surface area contributed by atoms with E-state index in [-0.39, 0.29) is 5.56 Å². The number of rotatable bonds is 7. The van der Waals surface area contributed by atoms with Crippen LogP contribution in [0.4, 0.5) is 17.2 Å². The van der Waals surface area contributed by atoms with Crippen molar-refractivity contribution in [1.82, 2.24) is 19.9 Å². The fraction of sp³-hybridized carbons (Fsp3) is 0.345. The third-order valence-corrected chi connectivity index (χ3v) is 7.40. The molecule has 196 valence electrons. The Morgan fingerprint density at radius 3 is 2.82 bits per heavy atom. The zero-order valence-corrected chi connectivity index (χ0v) is 21.5. The summed E-state index contributed by atoms with van der Waals surface area (Å²) in [4.78, 5) is 27.4. The van der Waals surface area contributed by atoms with E-state index < -0.39 is 0 Å². The number of hydrogen-bond donors (Lipinski definition) is 3. The van der Waals surface area contributed by atoms with Crippen molar-refractivity contribution in [2.45, 2.75) is 18.8 Å². The minimum atomic E-state index is -0.181. The number of nitrogens with zero attached hydrogens (tertiary/aromatic N) is 3. The lowest BCUT2D eigenvalue weighted by Crippen LogP contribution is -2.35. The van der Waals surface area contributed by atoms with Crippen LogP contribution in [-0.4, -0.2) is 66.4 Å². The molecule has 0 atom stereocenters. The van der Waals surface area contributed by atoms with Gasteiger partial charge < -0.3 is 30.0 Å². The minimum absolute atomic E-state index is 0.181. The SMILES string of the molecule is COCCN1CCC(c2ccc(Nc3nc(-c4cnc5c(c4)NCCO5)cc4cc[nH]c(=O)c34)cc2)CC1. The van der Waals surface area contributed by atoms with Crippen LogP contribution in [0.15, 0.2) is 59.7 Å². The van der Waals surface area contributed by atoms with Crippen molar-refractivity contribution in [2.75, 3.05) is 57.1 Å². The van der Waals surface area contributed by atoms with Crippen LogP contribution in [0.1, 0.15) is 24.3 Å². The van der Waals surface area contributed by atoms with Crippen molar-refractivity contribution >= 4 is 28.0 Å². The number of piperidine rings is 1. The third-order valence-electron chi connectivity index (χ3n) is 7.40. The number of anilines is 3. The summed E-state index contributed by atoms with van der Waals surface area (Å²) in [7, 11) is 1.76. The highest BCUT2D eigenvalue weighted by Gasteiger charge is 2.20. The topological polar surface area (TPSA) is 104 Å². The number of H-pyrrole nitrogens is 1. The molecule has 38 heavy (non-hydrogen) atoms. The van der Waals surface area contributed by atoms with E-state index in [2.05, 4.69) is 49.8 Å². The predicted molar refractivity (Wildman–Crippen MR) is 150 cm³/mol.